The Morgan fingerprint density at radius 2 is 2.00 bits per heavy atom. The first-order valence-electron chi connectivity index (χ1n) is 7.85. The highest BCUT2D eigenvalue weighted by Gasteiger charge is 2.32. The van der Waals surface area contributed by atoms with Gasteiger partial charge in [0.1, 0.15) is 0 Å². The molecule has 0 radical (unpaired) electrons. The number of ketones is 1. The molecule has 0 saturated carbocycles. The molecule has 0 bridgehead atoms. The molecule has 1 atom stereocenters. The summed E-state index contributed by atoms with van der Waals surface area (Å²) in [4.78, 5) is 16.9. The van der Waals surface area contributed by atoms with Gasteiger partial charge in [-0.05, 0) is 18.9 Å². The van der Waals surface area contributed by atoms with Crippen LogP contribution < -0.4 is 0 Å². The molecule has 2 heterocycles. The van der Waals surface area contributed by atoms with Crippen LogP contribution in [0.15, 0.2) is 17.1 Å². The van der Waals surface area contributed by atoms with E-state index in [9.17, 15) is 4.79 Å². The van der Waals surface area contributed by atoms with E-state index in [-0.39, 0.29) is 24.4 Å². The zero-order valence-corrected chi connectivity index (χ0v) is 14.5. The molecule has 4 nitrogen and oxygen atoms in total. The lowest BCUT2D eigenvalue weighted by Gasteiger charge is -2.25. The summed E-state index contributed by atoms with van der Waals surface area (Å²) in [5, 5.41) is 0. The minimum Gasteiger partial charge on any atom is -0.352 e. The molecule has 0 amide bonds. The predicted molar refractivity (Wildman–Crippen MR) is 87.6 cm³/mol. The molecule has 5 heteroatoms. The van der Waals surface area contributed by atoms with Gasteiger partial charge < -0.3 is 9.47 Å². The Kier molecular flexibility index (Phi) is 5.52. The molecular formula is C16H27NO3Si. The molecule has 0 spiro atoms. The molecule has 0 aromatic rings. The summed E-state index contributed by atoms with van der Waals surface area (Å²) in [6, 6.07) is 1.06. The van der Waals surface area contributed by atoms with E-state index < -0.39 is 8.07 Å². The van der Waals surface area contributed by atoms with Gasteiger partial charge in [-0.2, -0.15) is 0 Å². The van der Waals surface area contributed by atoms with Crippen molar-refractivity contribution in [3.63, 3.8) is 0 Å². The van der Waals surface area contributed by atoms with Crippen LogP contribution in [0.25, 0.3) is 0 Å². The van der Waals surface area contributed by atoms with Crippen LogP contribution in [0.2, 0.25) is 25.7 Å². The zero-order chi connectivity index (χ0) is 15.5. The van der Waals surface area contributed by atoms with Crippen LogP contribution in [-0.2, 0) is 14.3 Å². The van der Waals surface area contributed by atoms with E-state index in [0.717, 1.165) is 25.4 Å². The van der Waals surface area contributed by atoms with Gasteiger partial charge in [0, 0.05) is 20.5 Å². The van der Waals surface area contributed by atoms with Gasteiger partial charge in [0.15, 0.2) is 12.1 Å². The van der Waals surface area contributed by atoms with Gasteiger partial charge in [-0.3, -0.25) is 9.79 Å². The van der Waals surface area contributed by atoms with Crippen molar-refractivity contribution in [2.75, 3.05) is 19.8 Å². The average molecular weight is 309 g/mol. The third-order valence-electron chi connectivity index (χ3n) is 3.81. The van der Waals surface area contributed by atoms with Crippen molar-refractivity contribution in [2.45, 2.75) is 51.2 Å². The number of aliphatic imine (C=N–C) groups is 1. The number of nitrogens with zero attached hydrogens (tertiary/aromatic N) is 1. The SMILES string of the molecule is C=C(C[Si](C)(C)C)C1CCN=C1C(=O)CC1OCCCO1. The quantitative estimate of drug-likeness (QED) is 0.559. The van der Waals surface area contributed by atoms with Gasteiger partial charge in [-0.15, -0.1) is 0 Å². The van der Waals surface area contributed by atoms with Crippen molar-refractivity contribution in [3.8, 4) is 0 Å². The molecular weight excluding hydrogens is 282 g/mol. The summed E-state index contributed by atoms with van der Waals surface area (Å²) in [6.45, 7) is 13.3. The van der Waals surface area contributed by atoms with E-state index in [0.29, 0.717) is 18.9 Å². The molecule has 1 unspecified atom stereocenters. The number of allylic oxidation sites excluding steroid dienone is 1. The first-order chi connectivity index (χ1) is 9.87. The van der Waals surface area contributed by atoms with E-state index in [1.807, 2.05) is 0 Å². The number of rotatable bonds is 6. The number of hydrogen-bond donors (Lipinski definition) is 0. The third-order valence-corrected chi connectivity index (χ3v) is 5.33. The van der Waals surface area contributed by atoms with Crippen molar-refractivity contribution >= 4 is 19.6 Å². The first-order valence-corrected chi connectivity index (χ1v) is 11.6. The molecule has 0 aromatic heterocycles. The van der Waals surface area contributed by atoms with Gasteiger partial charge in [-0.25, -0.2) is 0 Å². The van der Waals surface area contributed by atoms with Crippen LogP contribution in [0.5, 0.6) is 0 Å². The Labute approximate surface area is 128 Å². The maximum absolute atomic E-state index is 12.5. The Morgan fingerprint density at radius 3 is 2.62 bits per heavy atom. The topological polar surface area (TPSA) is 47.9 Å². The van der Waals surface area contributed by atoms with Crippen LogP contribution in [-0.4, -0.2) is 45.6 Å². The lowest BCUT2D eigenvalue weighted by atomic mass is 9.91. The van der Waals surface area contributed by atoms with Gasteiger partial charge in [0.05, 0.1) is 25.3 Å². The molecule has 21 heavy (non-hydrogen) atoms. The summed E-state index contributed by atoms with van der Waals surface area (Å²) in [6.07, 6.45) is 1.73. The highest BCUT2D eigenvalue weighted by Crippen LogP contribution is 2.29. The van der Waals surface area contributed by atoms with Gasteiger partial charge in [0.25, 0.3) is 0 Å². The van der Waals surface area contributed by atoms with E-state index in [1.54, 1.807) is 0 Å². The second-order valence-corrected chi connectivity index (χ2v) is 12.6. The molecule has 0 N–H and O–H groups in total. The molecule has 2 rings (SSSR count). The van der Waals surface area contributed by atoms with Crippen molar-refractivity contribution in [2.24, 2.45) is 10.9 Å². The summed E-state index contributed by atoms with van der Waals surface area (Å²) in [5.41, 5.74) is 1.89. The summed E-state index contributed by atoms with van der Waals surface area (Å²) in [7, 11) is -1.21. The van der Waals surface area contributed by atoms with E-state index in [4.69, 9.17) is 9.47 Å². The van der Waals surface area contributed by atoms with E-state index in [2.05, 4.69) is 31.2 Å². The normalized spacial score (nSPS) is 24.0. The van der Waals surface area contributed by atoms with Crippen molar-refractivity contribution in [1.29, 1.82) is 0 Å². The fraction of sp³-hybridized carbons (Fsp3) is 0.750. The highest BCUT2D eigenvalue weighted by atomic mass is 28.3. The number of Topliss-reactive ketones (excluding diaryl/α,β-unsaturated/α-hetero) is 1. The van der Waals surface area contributed by atoms with Crippen LogP contribution >= 0.6 is 0 Å². The average Bonchev–Trinajstić information content (AvgIpc) is 2.87. The molecule has 0 aliphatic carbocycles. The summed E-state index contributed by atoms with van der Waals surface area (Å²) >= 11 is 0. The Balaban J connectivity index is 1.94. The Morgan fingerprint density at radius 1 is 1.33 bits per heavy atom. The lowest BCUT2D eigenvalue weighted by molar-refractivity contribution is -0.181. The molecule has 1 saturated heterocycles. The van der Waals surface area contributed by atoms with Crippen molar-refractivity contribution in [1.82, 2.24) is 0 Å². The van der Waals surface area contributed by atoms with E-state index >= 15 is 0 Å². The maximum Gasteiger partial charge on any atom is 0.182 e. The zero-order valence-electron chi connectivity index (χ0n) is 13.5. The highest BCUT2D eigenvalue weighted by molar-refractivity contribution is 6.76. The van der Waals surface area contributed by atoms with Crippen molar-refractivity contribution < 1.29 is 14.3 Å². The first kappa shape index (κ1) is 16.6. The summed E-state index contributed by atoms with van der Waals surface area (Å²) in [5.74, 6) is 0.217. The second kappa shape index (κ2) is 6.98. The molecule has 2 aliphatic heterocycles. The fourth-order valence-corrected chi connectivity index (χ4v) is 4.56. The van der Waals surface area contributed by atoms with Gasteiger partial charge in [-0.1, -0.05) is 31.8 Å². The van der Waals surface area contributed by atoms with Crippen LogP contribution in [0.3, 0.4) is 0 Å². The molecule has 1 fully saturated rings. The van der Waals surface area contributed by atoms with E-state index in [1.165, 1.54) is 5.57 Å². The van der Waals surface area contributed by atoms with Gasteiger partial charge in [0.2, 0.25) is 0 Å². The minimum absolute atomic E-state index is 0.0705. The second-order valence-electron chi connectivity index (χ2n) is 7.16. The van der Waals surface area contributed by atoms with Crippen LogP contribution in [0.4, 0.5) is 0 Å². The minimum atomic E-state index is -1.21. The predicted octanol–water partition coefficient (Wildman–Crippen LogP) is 3.06. The van der Waals surface area contributed by atoms with Crippen LogP contribution in [0.1, 0.15) is 19.3 Å². The third kappa shape index (κ3) is 4.87. The smallest absolute Gasteiger partial charge is 0.182 e. The number of carbonyl (C=O) groups excluding carboxylic acids is 1. The van der Waals surface area contributed by atoms with Crippen LogP contribution in [0, 0.1) is 5.92 Å². The van der Waals surface area contributed by atoms with Crippen molar-refractivity contribution in [3.05, 3.63) is 12.2 Å². The monoisotopic (exact) mass is 309 g/mol. The Bertz CT molecular complexity index is 433. The molecule has 118 valence electrons. The fourth-order valence-electron chi connectivity index (χ4n) is 2.96. The largest absolute Gasteiger partial charge is 0.352 e. The number of ether oxygens (including phenoxy) is 2. The number of hydrogen-bond acceptors (Lipinski definition) is 4. The standard InChI is InChI=1S/C16H27NO3Si/c1-12(11-21(2,3)4)13-6-7-17-16(13)14(18)10-15-19-8-5-9-20-15/h13,15H,1,5-11H2,2-4H3. The Hall–Kier alpha value is -0.783. The van der Waals surface area contributed by atoms with Gasteiger partial charge >= 0.3 is 0 Å². The molecule has 2 aliphatic rings. The molecule has 0 aromatic carbocycles. The summed E-state index contributed by atoms with van der Waals surface area (Å²) < 4.78 is 10.9. The maximum atomic E-state index is 12.5. The lowest BCUT2D eigenvalue weighted by Crippen LogP contribution is -2.32. The number of carbonyl (C=O) groups is 1.